The number of nitrogens with one attached hydrogen (secondary N) is 1. The SMILES string of the molecule is O=C(c1ccc(-c2ccc(Cl)cc2)s1)N1CCCNCC1. The molecule has 1 aliphatic heterocycles. The fourth-order valence-corrected chi connectivity index (χ4v) is 3.53. The van der Waals surface area contributed by atoms with Gasteiger partial charge in [-0.1, -0.05) is 23.7 Å². The van der Waals surface area contributed by atoms with Crippen molar-refractivity contribution in [2.45, 2.75) is 6.42 Å². The minimum Gasteiger partial charge on any atom is -0.337 e. The van der Waals surface area contributed by atoms with Gasteiger partial charge in [0, 0.05) is 29.5 Å². The van der Waals surface area contributed by atoms with E-state index in [0.717, 1.165) is 52.9 Å². The zero-order valence-electron chi connectivity index (χ0n) is 11.6. The maximum absolute atomic E-state index is 12.5. The van der Waals surface area contributed by atoms with Crippen LogP contribution in [0.1, 0.15) is 16.1 Å². The molecule has 1 saturated heterocycles. The lowest BCUT2D eigenvalue weighted by Gasteiger charge is -2.18. The van der Waals surface area contributed by atoms with Crippen molar-refractivity contribution in [2.24, 2.45) is 0 Å². The van der Waals surface area contributed by atoms with Gasteiger partial charge in [0.15, 0.2) is 0 Å². The molecule has 1 aromatic carbocycles. The average molecular weight is 321 g/mol. The minimum atomic E-state index is 0.143. The largest absolute Gasteiger partial charge is 0.337 e. The Kier molecular flexibility index (Phi) is 4.58. The summed E-state index contributed by atoms with van der Waals surface area (Å²) in [6.45, 7) is 3.48. The van der Waals surface area contributed by atoms with Crippen LogP contribution < -0.4 is 5.32 Å². The molecular formula is C16H17ClN2OS. The van der Waals surface area contributed by atoms with Gasteiger partial charge in [0.25, 0.3) is 5.91 Å². The summed E-state index contributed by atoms with van der Waals surface area (Å²) in [7, 11) is 0. The Balaban J connectivity index is 1.77. The summed E-state index contributed by atoms with van der Waals surface area (Å²) in [4.78, 5) is 16.4. The molecule has 1 N–H and O–H groups in total. The van der Waals surface area contributed by atoms with E-state index in [4.69, 9.17) is 11.6 Å². The zero-order chi connectivity index (χ0) is 14.7. The van der Waals surface area contributed by atoms with E-state index in [1.165, 1.54) is 0 Å². The van der Waals surface area contributed by atoms with Crippen molar-refractivity contribution in [3.8, 4) is 10.4 Å². The van der Waals surface area contributed by atoms with Gasteiger partial charge in [-0.2, -0.15) is 0 Å². The fraction of sp³-hybridized carbons (Fsp3) is 0.312. The summed E-state index contributed by atoms with van der Waals surface area (Å²) in [6, 6.07) is 11.7. The first-order valence-corrected chi connectivity index (χ1v) is 8.29. The van der Waals surface area contributed by atoms with Gasteiger partial charge < -0.3 is 10.2 Å². The number of hydrogen-bond acceptors (Lipinski definition) is 3. The molecule has 0 saturated carbocycles. The number of hydrogen-bond donors (Lipinski definition) is 1. The van der Waals surface area contributed by atoms with Gasteiger partial charge in [0.1, 0.15) is 0 Å². The van der Waals surface area contributed by atoms with Crippen LogP contribution in [-0.4, -0.2) is 37.0 Å². The third-order valence-electron chi connectivity index (χ3n) is 3.57. The standard InChI is InChI=1S/C16H17ClN2OS/c17-13-4-2-12(3-5-13)14-6-7-15(21-14)16(20)19-10-1-8-18-9-11-19/h2-7,18H,1,8-11H2. The Hall–Kier alpha value is -1.36. The molecule has 1 amide bonds. The summed E-state index contributed by atoms with van der Waals surface area (Å²) in [5, 5.41) is 4.04. The van der Waals surface area contributed by atoms with Crippen LogP contribution in [0.2, 0.25) is 5.02 Å². The van der Waals surface area contributed by atoms with Crippen LogP contribution in [0.5, 0.6) is 0 Å². The molecule has 0 aliphatic carbocycles. The first kappa shape index (κ1) is 14.6. The van der Waals surface area contributed by atoms with Gasteiger partial charge >= 0.3 is 0 Å². The van der Waals surface area contributed by atoms with Gasteiger partial charge in [-0.15, -0.1) is 11.3 Å². The molecule has 3 nitrogen and oxygen atoms in total. The van der Waals surface area contributed by atoms with Crippen molar-refractivity contribution in [1.29, 1.82) is 0 Å². The van der Waals surface area contributed by atoms with Crippen LogP contribution in [0.15, 0.2) is 36.4 Å². The van der Waals surface area contributed by atoms with Crippen molar-refractivity contribution < 1.29 is 4.79 Å². The van der Waals surface area contributed by atoms with E-state index >= 15 is 0 Å². The summed E-state index contributed by atoms with van der Waals surface area (Å²) in [6.07, 6.45) is 1.02. The molecule has 1 aromatic heterocycles. The third kappa shape index (κ3) is 3.46. The van der Waals surface area contributed by atoms with E-state index in [9.17, 15) is 4.79 Å². The highest BCUT2D eigenvalue weighted by molar-refractivity contribution is 7.17. The molecule has 0 radical (unpaired) electrons. The third-order valence-corrected chi connectivity index (χ3v) is 4.95. The maximum atomic E-state index is 12.5. The van der Waals surface area contributed by atoms with E-state index in [1.807, 2.05) is 41.3 Å². The van der Waals surface area contributed by atoms with Gasteiger partial charge in [-0.25, -0.2) is 0 Å². The molecule has 0 spiro atoms. The number of rotatable bonds is 2. The quantitative estimate of drug-likeness (QED) is 0.918. The first-order chi connectivity index (χ1) is 10.2. The maximum Gasteiger partial charge on any atom is 0.263 e. The summed E-state index contributed by atoms with van der Waals surface area (Å²) in [5.41, 5.74) is 1.10. The van der Waals surface area contributed by atoms with Crippen LogP contribution in [0, 0.1) is 0 Å². The number of halogens is 1. The van der Waals surface area contributed by atoms with Crippen molar-refractivity contribution in [3.63, 3.8) is 0 Å². The predicted octanol–water partition coefficient (Wildman–Crippen LogP) is 3.50. The fourth-order valence-electron chi connectivity index (χ4n) is 2.43. The number of carbonyl (C=O) groups is 1. The van der Waals surface area contributed by atoms with Crippen LogP contribution >= 0.6 is 22.9 Å². The van der Waals surface area contributed by atoms with Crippen molar-refractivity contribution in [2.75, 3.05) is 26.2 Å². The first-order valence-electron chi connectivity index (χ1n) is 7.10. The van der Waals surface area contributed by atoms with E-state index < -0.39 is 0 Å². The number of carbonyl (C=O) groups excluding carboxylic acids is 1. The summed E-state index contributed by atoms with van der Waals surface area (Å²) < 4.78 is 0. The highest BCUT2D eigenvalue weighted by atomic mass is 35.5. The normalized spacial score (nSPS) is 15.8. The van der Waals surface area contributed by atoms with Crippen LogP contribution in [0.4, 0.5) is 0 Å². The molecule has 2 aromatic rings. The highest BCUT2D eigenvalue weighted by Gasteiger charge is 2.18. The lowest BCUT2D eigenvalue weighted by molar-refractivity contribution is 0.0771. The second-order valence-corrected chi connectivity index (χ2v) is 6.59. The Labute approximate surface area is 133 Å². The van der Waals surface area contributed by atoms with Gasteiger partial charge in [-0.3, -0.25) is 4.79 Å². The Morgan fingerprint density at radius 2 is 1.90 bits per heavy atom. The molecular weight excluding hydrogens is 304 g/mol. The van der Waals surface area contributed by atoms with Crippen LogP contribution in [0.3, 0.4) is 0 Å². The molecule has 110 valence electrons. The van der Waals surface area contributed by atoms with Crippen LogP contribution in [0.25, 0.3) is 10.4 Å². The molecule has 0 bridgehead atoms. The second kappa shape index (κ2) is 6.60. The topological polar surface area (TPSA) is 32.3 Å². The highest BCUT2D eigenvalue weighted by Crippen LogP contribution is 2.29. The minimum absolute atomic E-state index is 0.143. The van der Waals surface area contributed by atoms with E-state index in [-0.39, 0.29) is 5.91 Å². The monoisotopic (exact) mass is 320 g/mol. The van der Waals surface area contributed by atoms with Crippen LogP contribution in [-0.2, 0) is 0 Å². The molecule has 5 heteroatoms. The smallest absolute Gasteiger partial charge is 0.263 e. The molecule has 3 rings (SSSR count). The van der Waals surface area contributed by atoms with Crippen molar-refractivity contribution >= 4 is 28.8 Å². The Bertz CT molecular complexity index is 615. The number of amides is 1. The second-order valence-electron chi connectivity index (χ2n) is 5.07. The molecule has 1 fully saturated rings. The molecule has 0 atom stereocenters. The lowest BCUT2D eigenvalue weighted by atomic mass is 10.2. The molecule has 1 aliphatic rings. The summed E-state index contributed by atoms with van der Waals surface area (Å²) >= 11 is 7.45. The summed E-state index contributed by atoms with van der Waals surface area (Å²) in [5.74, 6) is 0.143. The molecule has 0 unspecified atom stereocenters. The zero-order valence-corrected chi connectivity index (χ0v) is 13.2. The number of benzene rings is 1. The van der Waals surface area contributed by atoms with Crippen molar-refractivity contribution in [3.05, 3.63) is 46.3 Å². The Morgan fingerprint density at radius 1 is 1.10 bits per heavy atom. The van der Waals surface area contributed by atoms with Gasteiger partial charge in [-0.05, 0) is 42.8 Å². The van der Waals surface area contributed by atoms with E-state index in [1.54, 1.807) is 11.3 Å². The van der Waals surface area contributed by atoms with Crippen molar-refractivity contribution in [1.82, 2.24) is 10.2 Å². The number of nitrogens with zero attached hydrogens (tertiary/aromatic N) is 1. The molecule has 2 heterocycles. The van der Waals surface area contributed by atoms with E-state index in [0.29, 0.717) is 0 Å². The molecule has 21 heavy (non-hydrogen) atoms. The van der Waals surface area contributed by atoms with Gasteiger partial charge in [0.2, 0.25) is 0 Å². The lowest BCUT2D eigenvalue weighted by Crippen LogP contribution is -2.33. The van der Waals surface area contributed by atoms with Gasteiger partial charge in [0.05, 0.1) is 4.88 Å². The Morgan fingerprint density at radius 3 is 2.71 bits per heavy atom. The predicted molar refractivity (Wildman–Crippen MR) is 88.2 cm³/mol. The average Bonchev–Trinajstić information content (AvgIpc) is 2.83. The van der Waals surface area contributed by atoms with E-state index in [2.05, 4.69) is 5.32 Å². The number of thiophene rings is 1.